The topological polar surface area (TPSA) is 86.2 Å². The fourth-order valence-electron chi connectivity index (χ4n) is 2.28. The maximum absolute atomic E-state index is 11.9. The zero-order valence-electron chi connectivity index (χ0n) is 13.2. The van der Waals surface area contributed by atoms with Crippen molar-refractivity contribution in [1.82, 2.24) is 24.8 Å². The molecule has 1 aromatic carbocycles. The Labute approximate surface area is 150 Å². The molecule has 0 aliphatic heterocycles. The van der Waals surface area contributed by atoms with Gasteiger partial charge in [-0.15, -0.1) is 10.2 Å². The Morgan fingerprint density at radius 1 is 1.24 bits per heavy atom. The van der Waals surface area contributed by atoms with E-state index in [2.05, 4.69) is 20.3 Å². The van der Waals surface area contributed by atoms with E-state index in [4.69, 9.17) is 4.42 Å². The summed E-state index contributed by atoms with van der Waals surface area (Å²) in [4.78, 5) is 16.8. The van der Waals surface area contributed by atoms with Crippen LogP contribution >= 0.6 is 23.1 Å². The monoisotopic (exact) mass is 371 g/mol. The molecule has 0 bridgehead atoms. The van der Waals surface area contributed by atoms with E-state index in [-0.39, 0.29) is 5.56 Å². The third kappa shape index (κ3) is 3.62. The summed E-state index contributed by atoms with van der Waals surface area (Å²) in [5, 5.41) is 13.7. The van der Waals surface area contributed by atoms with Crippen molar-refractivity contribution in [1.29, 1.82) is 0 Å². The van der Waals surface area contributed by atoms with Gasteiger partial charge < -0.3 is 4.42 Å². The van der Waals surface area contributed by atoms with Crippen LogP contribution in [-0.4, -0.2) is 24.8 Å². The molecule has 4 aromatic rings. The molecule has 3 heterocycles. The molecule has 0 saturated heterocycles. The molecular weight excluding hydrogens is 358 g/mol. The number of nitrogens with zero attached hydrogens (tertiary/aromatic N) is 5. The van der Waals surface area contributed by atoms with Gasteiger partial charge in [0.2, 0.25) is 10.9 Å². The lowest BCUT2D eigenvalue weighted by molar-refractivity contribution is 0.420. The van der Waals surface area contributed by atoms with Crippen LogP contribution < -0.4 is 5.56 Å². The predicted octanol–water partition coefficient (Wildman–Crippen LogP) is 2.73. The van der Waals surface area contributed by atoms with E-state index in [1.54, 1.807) is 6.92 Å². The Morgan fingerprint density at radius 2 is 2.08 bits per heavy atom. The first kappa shape index (κ1) is 16.0. The first-order valence-corrected chi connectivity index (χ1v) is 9.33. The SMILES string of the molecule is Cc1cc(=O)n2nc(CSc3nnc(Cc4ccccc4)o3)sc2n1. The maximum atomic E-state index is 11.9. The Bertz CT molecular complexity index is 1070. The molecule has 25 heavy (non-hydrogen) atoms. The van der Waals surface area contributed by atoms with Crippen molar-refractivity contribution in [3.05, 3.63) is 68.9 Å². The largest absolute Gasteiger partial charge is 0.416 e. The van der Waals surface area contributed by atoms with Crippen LogP contribution in [0.2, 0.25) is 0 Å². The summed E-state index contributed by atoms with van der Waals surface area (Å²) in [6.45, 7) is 1.79. The molecule has 0 spiro atoms. The van der Waals surface area contributed by atoms with Crippen LogP contribution in [0, 0.1) is 6.92 Å². The highest BCUT2D eigenvalue weighted by molar-refractivity contribution is 7.98. The zero-order valence-corrected chi connectivity index (χ0v) is 14.9. The first-order valence-electron chi connectivity index (χ1n) is 7.53. The Kier molecular flexibility index (Phi) is 4.33. The number of thioether (sulfide) groups is 1. The number of fused-ring (bicyclic) bond motifs is 1. The first-order chi connectivity index (χ1) is 12.2. The molecule has 4 rings (SSSR count). The second kappa shape index (κ2) is 6.77. The third-order valence-corrected chi connectivity index (χ3v) is 5.30. The number of benzene rings is 1. The summed E-state index contributed by atoms with van der Waals surface area (Å²) >= 11 is 2.78. The fourth-order valence-corrected chi connectivity index (χ4v) is 3.99. The minimum absolute atomic E-state index is 0.169. The van der Waals surface area contributed by atoms with Crippen LogP contribution in [0.15, 0.2) is 50.8 Å². The quantitative estimate of drug-likeness (QED) is 0.499. The van der Waals surface area contributed by atoms with E-state index in [1.807, 2.05) is 30.3 Å². The normalized spacial score (nSPS) is 11.2. The van der Waals surface area contributed by atoms with E-state index in [0.29, 0.717) is 33.9 Å². The summed E-state index contributed by atoms with van der Waals surface area (Å²) in [6, 6.07) is 11.4. The molecule has 0 fully saturated rings. The van der Waals surface area contributed by atoms with Gasteiger partial charge in [-0.25, -0.2) is 4.98 Å². The van der Waals surface area contributed by atoms with Gasteiger partial charge in [0.1, 0.15) is 5.01 Å². The molecule has 7 nitrogen and oxygen atoms in total. The number of hydrogen-bond acceptors (Lipinski definition) is 8. The van der Waals surface area contributed by atoms with Gasteiger partial charge in [-0.3, -0.25) is 4.79 Å². The van der Waals surface area contributed by atoms with E-state index in [9.17, 15) is 4.79 Å². The van der Waals surface area contributed by atoms with Crippen LogP contribution in [0.4, 0.5) is 0 Å². The van der Waals surface area contributed by atoms with Crippen LogP contribution in [0.25, 0.3) is 4.96 Å². The number of aryl methyl sites for hydroxylation is 1. The molecule has 126 valence electrons. The highest BCUT2D eigenvalue weighted by Crippen LogP contribution is 2.24. The third-order valence-electron chi connectivity index (χ3n) is 3.38. The summed E-state index contributed by atoms with van der Waals surface area (Å²) in [6.07, 6.45) is 0.605. The van der Waals surface area contributed by atoms with Gasteiger partial charge in [0, 0.05) is 11.8 Å². The van der Waals surface area contributed by atoms with Gasteiger partial charge in [-0.2, -0.15) is 9.61 Å². The van der Waals surface area contributed by atoms with E-state index < -0.39 is 0 Å². The van der Waals surface area contributed by atoms with Crippen LogP contribution in [-0.2, 0) is 12.2 Å². The Balaban J connectivity index is 1.45. The standard InChI is InChI=1S/C16H13N5O2S2/c1-10-7-14(22)21-15(17-10)25-13(20-21)9-24-16-19-18-12(23-16)8-11-5-3-2-4-6-11/h2-7H,8-9H2,1H3. The average molecular weight is 371 g/mol. The Hall–Kier alpha value is -2.52. The van der Waals surface area contributed by atoms with Crippen LogP contribution in [0.5, 0.6) is 0 Å². The number of hydrogen-bond donors (Lipinski definition) is 0. The van der Waals surface area contributed by atoms with Crippen molar-refractivity contribution < 1.29 is 4.42 Å². The summed E-state index contributed by atoms with van der Waals surface area (Å²) in [5.74, 6) is 1.12. The molecule has 0 atom stereocenters. The summed E-state index contributed by atoms with van der Waals surface area (Å²) in [7, 11) is 0. The second-order valence-electron chi connectivity index (χ2n) is 5.34. The van der Waals surface area contributed by atoms with E-state index in [0.717, 1.165) is 10.6 Å². The van der Waals surface area contributed by atoms with Gasteiger partial charge in [0.05, 0.1) is 12.2 Å². The fraction of sp³-hybridized carbons (Fsp3) is 0.188. The molecule has 0 unspecified atom stereocenters. The van der Waals surface area contributed by atoms with Crippen molar-refractivity contribution in [2.45, 2.75) is 24.3 Å². The highest BCUT2D eigenvalue weighted by atomic mass is 32.2. The highest BCUT2D eigenvalue weighted by Gasteiger charge is 2.11. The van der Waals surface area contributed by atoms with Crippen molar-refractivity contribution in [2.75, 3.05) is 0 Å². The van der Waals surface area contributed by atoms with E-state index >= 15 is 0 Å². The van der Waals surface area contributed by atoms with E-state index in [1.165, 1.54) is 33.7 Å². The van der Waals surface area contributed by atoms with Gasteiger partial charge >= 0.3 is 0 Å². The lowest BCUT2D eigenvalue weighted by Crippen LogP contribution is -2.14. The lowest BCUT2D eigenvalue weighted by atomic mass is 10.2. The zero-order chi connectivity index (χ0) is 17.2. The molecule has 0 amide bonds. The molecule has 0 radical (unpaired) electrons. The number of aromatic nitrogens is 5. The summed E-state index contributed by atoms with van der Waals surface area (Å²) < 4.78 is 6.98. The summed E-state index contributed by atoms with van der Waals surface area (Å²) in [5.41, 5.74) is 1.64. The molecular formula is C16H13N5O2S2. The Morgan fingerprint density at radius 3 is 2.92 bits per heavy atom. The predicted molar refractivity (Wildman–Crippen MR) is 95.0 cm³/mol. The second-order valence-corrected chi connectivity index (χ2v) is 7.31. The molecule has 0 N–H and O–H groups in total. The molecule has 0 saturated carbocycles. The maximum Gasteiger partial charge on any atom is 0.277 e. The minimum atomic E-state index is -0.169. The van der Waals surface area contributed by atoms with Crippen molar-refractivity contribution in [3.8, 4) is 0 Å². The van der Waals surface area contributed by atoms with Crippen molar-refractivity contribution >= 4 is 28.1 Å². The van der Waals surface area contributed by atoms with Crippen LogP contribution in [0.1, 0.15) is 22.2 Å². The van der Waals surface area contributed by atoms with Crippen molar-refractivity contribution in [2.24, 2.45) is 0 Å². The van der Waals surface area contributed by atoms with Gasteiger partial charge in [-0.05, 0) is 12.5 Å². The molecule has 0 aliphatic carbocycles. The average Bonchev–Trinajstić information content (AvgIpc) is 3.20. The molecule has 0 aliphatic rings. The van der Waals surface area contributed by atoms with Crippen molar-refractivity contribution in [3.63, 3.8) is 0 Å². The molecule has 3 aromatic heterocycles. The van der Waals surface area contributed by atoms with Gasteiger partial charge in [-0.1, -0.05) is 53.4 Å². The smallest absolute Gasteiger partial charge is 0.277 e. The molecule has 9 heteroatoms. The number of rotatable bonds is 5. The van der Waals surface area contributed by atoms with Gasteiger partial charge in [0.25, 0.3) is 10.8 Å². The van der Waals surface area contributed by atoms with Gasteiger partial charge in [0.15, 0.2) is 0 Å². The lowest BCUT2D eigenvalue weighted by Gasteiger charge is -1.95. The van der Waals surface area contributed by atoms with Crippen LogP contribution in [0.3, 0.4) is 0 Å². The minimum Gasteiger partial charge on any atom is -0.416 e.